The van der Waals surface area contributed by atoms with Gasteiger partial charge in [-0.2, -0.15) is 0 Å². The van der Waals surface area contributed by atoms with E-state index >= 15 is 0 Å². The molecule has 2 aromatic carbocycles. The number of likely N-dealkylation sites (tertiary alicyclic amines) is 1. The first-order valence-corrected chi connectivity index (χ1v) is 10.4. The second-order valence-electron chi connectivity index (χ2n) is 7.70. The third-order valence-corrected chi connectivity index (χ3v) is 5.55. The second kappa shape index (κ2) is 9.52. The van der Waals surface area contributed by atoms with E-state index in [2.05, 4.69) is 69.0 Å². The maximum atomic E-state index is 12.2. The lowest BCUT2D eigenvalue weighted by Gasteiger charge is -2.32. The Morgan fingerprint density at radius 1 is 1.00 bits per heavy atom. The van der Waals surface area contributed by atoms with Crippen LogP contribution in [0.25, 0.3) is 10.8 Å². The van der Waals surface area contributed by atoms with E-state index < -0.39 is 0 Å². The van der Waals surface area contributed by atoms with Gasteiger partial charge in [0, 0.05) is 38.4 Å². The number of aromatic nitrogens is 1. The molecule has 1 aromatic heterocycles. The van der Waals surface area contributed by atoms with Crippen LogP contribution in [0.5, 0.6) is 0 Å². The quantitative estimate of drug-likeness (QED) is 0.676. The van der Waals surface area contributed by atoms with E-state index in [-0.39, 0.29) is 12.1 Å². The largest absolute Gasteiger partial charge is 0.338 e. The topological polar surface area (TPSA) is 57.3 Å². The number of nitrogens with zero attached hydrogens (tertiary/aromatic N) is 2. The summed E-state index contributed by atoms with van der Waals surface area (Å²) >= 11 is 0. The molecule has 0 atom stereocenters. The number of carbonyl (C=O) groups excluding carboxylic acids is 1. The number of pyridine rings is 1. The summed E-state index contributed by atoms with van der Waals surface area (Å²) in [6.07, 6.45) is 4.63. The van der Waals surface area contributed by atoms with Crippen molar-refractivity contribution in [2.75, 3.05) is 19.6 Å². The fourth-order valence-corrected chi connectivity index (χ4v) is 3.91. The highest BCUT2D eigenvalue weighted by Gasteiger charge is 2.20. The first kappa shape index (κ1) is 19.4. The number of benzene rings is 2. The summed E-state index contributed by atoms with van der Waals surface area (Å²) in [5.41, 5.74) is 2.34. The highest BCUT2D eigenvalue weighted by Crippen LogP contribution is 2.16. The van der Waals surface area contributed by atoms with Crippen molar-refractivity contribution in [1.29, 1.82) is 0 Å². The molecule has 0 aliphatic carbocycles. The van der Waals surface area contributed by atoms with E-state index in [1.807, 2.05) is 18.3 Å². The minimum atomic E-state index is -0.0611. The van der Waals surface area contributed by atoms with Gasteiger partial charge in [-0.3, -0.25) is 9.88 Å². The number of fused-ring (bicyclic) bond motifs is 1. The predicted octanol–water partition coefficient (Wildman–Crippen LogP) is 3.74. The van der Waals surface area contributed by atoms with E-state index in [1.165, 1.54) is 16.3 Å². The Balaban J connectivity index is 1.16. The maximum absolute atomic E-state index is 12.2. The molecule has 0 saturated carbocycles. The van der Waals surface area contributed by atoms with Crippen molar-refractivity contribution in [3.05, 3.63) is 78.1 Å². The van der Waals surface area contributed by atoms with Crippen LogP contribution >= 0.6 is 0 Å². The molecule has 0 spiro atoms. The molecule has 29 heavy (non-hydrogen) atoms. The smallest absolute Gasteiger partial charge is 0.315 e. The lowest BCUT2D eigenvalue weighted by molar-refractivity contribution is 0.185. The van der Waals surface area contributed by atoms with E-state index in [1.54, 1.807) is 0 Å². The first-order chi connectivity index (χ1) is 14.3. The Hall–Kier alpha value is -2.92. The molecule has 0 bridgehead atoms. The highest BCUT2D eigenvalue weighted by molar-refractivity contribution is 5.83. The number of amides is 2. The van der Waals surface area contributed by atoms with Gasteiger partial charge in [0.1, 0.15) is 0 Å². The molecule has 150 valence electrons. The molecule has 1 aliphatic heterocycles. The molecular weight excluding hydrogens is 360 g/mol. The van der Waals surface area contributed by atoms with Gasteiger partial charge in [0.15, 0.2) is 0 Å². The van der Waals surface area contributed by atoms with Crippen LogP contribution < -0.4 is 10.6 Å². The Kier molecular flexibility index (Phi) is 6.37. The normalized spacial score (nSPS) is 15.3. The summed E-state index contributed by atoms with van der Waals surface area (Å²) in [7, 11) is 0. The molecule has 1 saturated heterocycles. The highest BCUT2D eigenvalue weighted by atomic mass is 16.2. The number of nitrogens with one attached hydrogen (secondary N) is 2. The van der Waals surface area contributed by atoms with Crippen molar-refractivity contribution in [3.63, 3.8) is 0 Å². The van der Waals surface area contributed by atoms with Crippen molar-refractivity contribution in [3.8, 4) is 0 Å². The van der Waals surface area contributed by atoms with Gasteiger partial charge in [-0.25, -0.2) is 4.79 Å². The monoisotopic (exact) mass is 388 g/mol. The zero-order valence-electron chi connectivity index (χ0n) is 16.7. The zero-order chi connectivity index (χ0) is 19.9. The van der Waals surface area contributed by atoms with Crippen LogP contribution in [0.2, 0.25) is 0 Å². The van der Waals surface area contributed by atoms with Crippen LogP contribution in [0.1, 0.15) is 24.1 Å². The molecule has 0 radical (unpaired) electrons. The first-order valence-electron chi connectivity index (χ1n) is 10.4. The number of hydrogen-bond acceptors (Lipinski definition) is 3. The molecule has 5 heteroatoms. The van der Waals surface area contributed by atoms with Crippen LogP contribution in [0.4, 0.5) is 4.79 Å². The molecule has 3 aromatic rings. The van der Waals surface area contributed by atoms with E-state index in [9.17, 15) is 4.79 Å². The summed E-state index contributed by atoms with van der Waals surface area (Å²) in [5.74, 6) is 0. The van der Waals surface area contributed by atoms with Crippen LogP contribution in [0.3, 0.4) is 0 Å². The van der Waals surface area contributed by atoms with Gasteiger partial charge in [-0.05, 0) is 47.7 Å². The van der Waals surface area contributed by atoms with E-state index in [0.717, 1.165) is 44.6 Å². The maximum Gasteiger partial charge on any atom is 0.315 e. The second-order valence-corrected chi connectivity index (χ2v) is 7.70. The fraction of sp³-hybridized carbons (Fsp3) is 0.333. The Morgan fingerprint density at radius 2 is 1.79 bits per heavy atom. The number of hydrogen-bond donors (Lipinski definition) is 2. The molecule has 2 N–H and O–H groups in total. The number of rotatable bonds is 6. The molecule has 0 unspecified atom stereocenters. The molecule has 5 nitrogen and oxygen atoms in total. The van der Waals surface area contributed by atoms with Gasteiger partial charge in [-0.1, -0.05) is 48.5 Å². The molecule has 4 rings (SSSR count). The average Bonchev–Trinajstić information content (AvgIpc) is 2.76. The molecule has 2 amide bonds. The summed E-state index contributed by atoms with van der Waals surface area (Å²) in [4.78, 5) is 19.0. The van der Waals surface area contributed by atoms with Gasteiger partial charge in [0.2, 0.25) is 0 Å². The summed E-state index contributed by atoms with van der Waals surface area (Å²) in [6, 6.07) is 21.0. The number of urea groups is 1. The van der Waals surface area contributed by atoms with E-state index in [4.69, 9.17) is 0 Å². The number of carbonyl (C=O) groups is 1. The van der Waals surface area contributed by atoms with E-state index in [0.29, 0.717) is 6.54 Å². The van der Waals surface area contributed by atoms with Crippen molar-refractivity contribution >= 4 is 16.8 Å². The summed E-state index contributed by atoms with van der Waals surface area (Å²) in [5, 5.41) is 8.62. The lowest BCUT2D eigenvalue weighted by Crippen LogP contribution is -2.48. The van der Waals surface area contributed by atoms with Crippen LogP contribution in [0.15, 0.2) is 66.9 Å². The van der Waals surface area contributed by atoms with Crippen LogP contribution in [0, 0.1) is 0 Å². The third-order valence-electron chi connectivity index (χ3n) is 5.55. The van der Waals surface area contributed by atoms with Gasteiger partial charge >= 0.3 is 6.03 Å². The van der Waals surface area contributed by atoms with Gasteiger partial charge in [-0.15, -0.1) is 0 Å². The summed E-state index contributed by atoms with van der Waals surface area (Å²) in [6.45, 7) is 3.49. The van der Waals surface area contributed by atoms with Crippen molar-refractivity contribution < 1.29 is 4.79 Å². The third kappa shape index (κ3) is 5.55. The number of piperidine rings is 1. The molecule has 1 aliphatic rings. The van der Waals surface area contributed by atoms with Crippen molar-refractivity contribution in [2.24, 2.45) is 0 Å². The SMILES string of the molecule is O=C(NCCc1ccc2ccccc2c1)NC1CCN(Cc2ccccn2)CC1. The Morgan fingerprint density at radius 3 is 2.59 bits per heavy atom. The lowest BCUT2D eigenvalue weighted by atomic mass is 10.0. The van der Waals surface area contributed by atoms with Crippen LogP contribution in [-0.2, 0) is 13.0 Å². The van der Waals surface area contributed by atoms with Gasteiger partial charge in [0.05, 0.1) is 5.69 Å². The fourth-order valence-electron chi connectivity index (χ4n) is 3.91. The minimum Gasteiger partial charge on any atom is -0.338 e. The zero-order valence-corrected chi connectivity index (χ0v) is 16.7. The van der Waals surface area contributed by atoms with Crippen molar-refractivity contribution in [1.82, 2.24) is 20.5 Å². The van der Waals surface area contributed by atoms with Crippen LogP contribution in [-0.4, -0.2) is 41.6 Å². The predicted molar refractivity (Wildman–Crippen MR) is 117 cm³/mol. The average molecular weight is 389 g/mol. The minimum absolute atomic E-state index is 0.0611. The summed E-state index contributed by atoms with van der Waals surface area (Å²) < 4.78 is 0. The molecule has 2 heterocycles. The van der Waals surface area contributed by atoms with Gasteiger partial charge < -0.3 is 10.6 Å². The van der Waals surface area contributed by atoms with Gasteiger partial charge in [0.25, 0.3) is 0 Å². The molecule has 1 fully saturated rings. The molecular formula is C24H28N4O. The Bertz CT molecular complexity index is 936. The standard InChI is InChI=1S/C24H28N4O/c29-24(26-14-10-19-8-9-20-5-1-2-6-21(20)17-19)27-22-11-15-28(16-12-22)18-23-7-3-4-13-25-23/h1-9,13,17,22H,10-12,14-16,18H2,(H2,26,27,29). The Labute approximate surface area is 172 Å². The van der Waals surface area contributed by atoms with Crippen molar-refractivity contribution in [2.45, 2.75) is 31.8 Å².